The van der Waals surface area contributed by atoms with Crippen molar-refractivity contribution >= 4 is 17.3 Å². The Balaban J connectivity index is 2.22. The highest BCUT2D eigenvalue weighted by molar-refractivity contribution is 6.04. The molecule has 0 fully saturated rings. The van der Waals surface area contributed by atoms with Gasteiger partial charge in [0, 0.05) is 31.0 Å². The van der Waals surface area contributed by atoms with Crippen molar-refractivity contribution in [2.75, 3.05) is 37.5 Å². The van der Waals surface area contributed by atoms with Gasteiger partial charge in [-0.3, -0.25) is 9.78 Å². The van der Waals surface area contributed by atoms with Crippen LogP contribution in [0.3, 0.4) is 0 Å². The van der Waals surface area contributed by atoms with Crippen molar-refractivity contribution in [3.8, 4) is 11.5 Å². The standard InChI is InChI=1S/C18H23N3O3/c1-5-21(6-2)13-9-10-19-16(11-13)18(22)20-15-8-7-14(23-3)12-17(15)24-4/h7-12H,5-6H2,1-4H3,(H,20,22). The van der Waals surface area contributed by atoms with E-state index in [1.807, 2.05) is 6.07 Å². The normalized spacial score (nSPS) is 10.2. The van der Waals surface area contributed by atoms with E-state index in [0.717, 1.165) is 18.8 Å². The molecular formula is C18H23N3O3. The van der Waals surface area contributed by atoms with Gasteiger partial charge in [0.2, 0.25) is 0 Å². The summed E-state index contributed by atoms with van der Waals surface area (Å²) in [7, 11) is 3.12. The molecule has 0 bridgehead atoms. The second-order valence-electron chi connectivity index (χ2n) is 5.09. The number of pyridine rings is 1. The smallest absolute Gasteiger partial charge is 0.274 e. The summed E-state index contributed by atoms with van der Waals surface area (Å²) in [6, 6.07) is 8.91. The molecule has 2 aromatic rings. The van der Waals surface area contributed by atoms with Crippen molar-refractivity contribution in [3.63, 3.8) is 0 Å². The molecular weight excluding hydrogens is 306 g/mol. The number of methoxy groups -OCH3 is 2. The molecule has 128 valence electrons. The van der Waals surface area contributed by atoms with E-state index in [9.17, 15) is 4.79 Å². The zero-order chi connectivity index (χ0) is 17.5. The Kier molecular flexibility index (Phi) is 6.01. The van der Waals surface area contributed by atoms with Crippen LogP contribution < -0.4 is 19.7 Å². The van der Waals surface area contributed by atoms with Crippen LogP contribution in [0.15, 0.2) is 36.5 Å². The van der Waals surface area contributed by atoms with E-state index in [1.165, 1.54) is 0 Å². The molecule has 0 saturated heterocycles. The summed E-state index contributed by atoms with van der Waals surface area (Å²) >= 11 is 0. The average molecular weight is 329 g/mol. The molecule has 6 heteroatoms. The molecule has 24 heavy (non-hydrogen) atoms. The molecule has 1 amide bonds. The molecule has 0 unspecified atom stereocenters. The molecule has 0 saturated carbocycles. The van der Waals surface area contributed by atoms with Gasteiger partial charge in [0.05, 0.1) is 19.9 Å². The van der Waals surface area contributed by atoms with Crippen LogP contribution in [0.5, 0.6) is 11.5 Å². The van der Waals surface area contributed by atoms with E-state index in [2.05, 4.69) is 29.0 Å². The Hall–Kier alpha value is -2.76. The summed E-state index contributed by atoms with van der Waals surface area (Å²) in [4.78, 5) is 18.8. The number of amides is 1. The number of nitrogens with zero attached hydrogens (tertiary/aromatic N) is 2. The predicted molar refractivity (Wildman–Crippen MR) is 95.3 cm³/mol. The lowest BCUT2D eigenvalue weighted by atomic mass is 10.2. The minimum atomic E-state index is -0.285. The lowest BCUT2D eigenvalue weighted by Crippen LogP contribution is -2.23. The van der Waals surface area contributed by atoms with Gasteiger partial charge in [-0.15, -0.1) is 0 Å². The third kappa shape index (κ3) is 3.95. The van der Waals surface area contributed by atoms with E-state index in [-0.39, 0.29) is 5.91 Å². The van der Waals surface area contributed by atoms with Gasteiger partial charge in [0.25, 0.3) is 5.91 Å². The third-order valence-corrected chi connectivity index (χ3v) is 3.76. The minimum Gasteiger partial charge on any atom is -0.497 e. The van der Waals surface area contributed by atoms with Crippen molar-refractivity contribution in [3.05, 3.63) is 42.2 Å². The van der Waals surface area contributed by atoms with Gasteiger partial charge in [-0.25, -0.2) is 0 Å². The van der Waals surface area contributed by atoms with Crippen molar-refractivity contribution in [2.24, 2.45) is 0 Å². The number of carbonyl (C=O) groups is 1. The van der Waals surface area contributed by atoms with Crippen LogP contribution in [0.1, 0.15) is 24.3 Å². The summed E-state index contributed by atoms with van der Waals surface area (Å²) in [6.45, 7) is 5.89. The van der Waals surface area contributed by atoms with Gasteiger partial charge < -0.3 is 19.7 Å². The summed E-state index contributed by atoms with van der Waals surface area (Å²) in [5, 5.41) is 2.83. The number of hydrogen-bond acceptors (Lipinski definition) is 5. The number of nitrogens with one attached hydrogen (secondary N) is 1. The molecule has 0 aliphatic heterocycles. The van der Waals surface area contributed by atoms with Crippen molar-refractivity contribution in [1.82, 2.24) is 4.98 Å². The predicted octanol–water partition coefficient (Wildman–Crippen LogP) is 3.20. The Bertz CT molecular complexity index is 700. The summed E-state index contributed by atoms with van der Waals surface area (Å²) in [5.74, 6) is 0.904. The number of aromatic nitrogens is 1. The Labute approximate surface area is 142 Å². The van der Waals surface area contributed by atoms with Crippen molar-refractivity contribution < 1.29 is 14.3 Å². The molecule has 0 aliphatic carbocycles. The van der Waals surface area contributed by atoms with Gasteiger partial charge in [0.1, 0.15) is 17.2 Å². The molecule has 0 spiro atoms. The van der Waals surface area contributed by atoms with Crippen molar-refractivity contribution in [1.29, 1.82) is 0 Å². The fraction of sp³-hybridized carbons (Fsp3) is 0.333. The maximum Gasteiger partial charge on any atom is 0.274 e. The van der Waals surface area contributed by atoms with Crippen LogP contribution in [-0.2, 0) is 0 Å². The van der Waals surface area contributed by atoms with E-state index >= 15 is 0 Å². The van der Waals surface area contributed by atoms with E-state index < -0.39 is 0 Å². The molecule has 1 heterocycles. The number of ether oxygens (including phenoxy) is 2. The number of benzene rings is 1. The molecule has 0 aliphatic rings. The molecule has 0 atom stereocenters. The van der Waals surface area contributed by atoms with Crippen LogP contribution in [0.4, 0.5) is 11.4 Å². The van der Waals surface area contributed by atoms with Crippen LogP contribution in [0.2, 0.25) is 0 Å². The van der Waals surface area contributed by atoms with E-state index in [1.54, 1.807) is 44.7 Å². The lowest BCUT2D eigenvalue weighted by Gasteiger charge is -2.21. The Morgan fingerprint density at radius 3 is 2.50 bits per heavy atom. The first-order valence-corrected chi connectivity index (χ1v) is 7.87. The Morgan fingerprint density at radius 2 is 1.88 bits per heavy atom. The second kappa shape index (κ2) is 8.19. The van der Waals surface area contributed by atoms with Gasteiger partial charge in [-0.1, -0.05) is 0 Å². The largest absolute Gasteiger partial charge is 0.497 e. The fourth-order valence-corrected chi connectivity index (χ4v) is 2.42. The highest BCUT2D eigenvalue weighted by Gasteiger charge is 2.13. The third-order valence-electron chi connectivity index (χ3n) is 3.76. The minimum absolute atomic E-state index is 0.285. The first kappa shape index (κ1) is 17.6. The average Bonchev–Trinajstić information content (AvgIpc) is 2.63. The molecule has 2 rings (SSSR count). The van der Waals surface area contributed by atoms with Gasteiger partial charge in [0.15, 0.2) is 0 Å². The van der Waals surface area contributed by atoms with Gasteiger partial charge in [-0.2, -0.15) is 0 Å². The summed E-state index contributed by atoms with van der Waals surface area (Å²) in [6.07, 6.45) is 1.65. The zero-order valence-electron chi connectivity index (χ0n) is 14.5. The molecule has 1 aromatic heterocycles. The fourth-order valence-electron chi connectivity index (χ4n) is 2.42. The van der Waals surface area contributed by atoms with Crippen LogP contribution >= 0.6 is 0 Å². The number of anilines is 2. The molecule has 1 N–H and O–H groups in total. The highest BCUT2D eigenvalue weighted by atomic mass is 16.5. The van der Waals surface area contributed by atoms with E-state index in [4.69, 9.17) is 9.47 Å². The van der Waals surface area contributed by atoms with Gasteiger partial charge >= 0.3 is 0 Å². The zero-order valence-corrected chi connectivity index (χ0v) is 14.5. The SMILES string of the molecule is CCN(CC)c1ccnc(C(=O)Nc2ccc(OC)cc2OC)c1. The van der Waals surface area contributed by atoms with E-state index in [0.29, 0.717) is 22.9 Å². The number of rotatable bonds is 7. The number of carbonyl (C=O) groups excluding carboxylic acids is 1. The second-order valence-corrected chi connectivity index (χ2v) is 5.09. The topological polar surface area (TPSA) is 63.7 Å². The summed E-state index contributed by atoms with van der Waals surface area (Å²) in [5.41, 5.74) is 1.90. The van der Waals surface area contributed by atoms with Crippen LogP contribution in [0, 0.1) is 0 Å². The monoisotopic (exact) mass is 329 g/mol. The van der Waals surface area contributed by atoms with Crippen molar-refractivity contribution in [2.45, 2.75) is 13.8 Å². The van der Waals surface area contributed by atoms with Crippen LogP contribution in [0.25, 0.3) is 0 Å². The number of hydrogen-bond donors (Lipinski definition) is 1. The first-order chi connectivity index (χ1) is 11.6. The molecule has 6 nitrogen and oxygen atoms in total. The Morgan fingerprint density at radius 1 is 1.12 bits per heavy atom. The quantitative estimate of drug-likeness (QED) is 0.845. The molecule has 1 aromatic carbocycles. The maximum atomic E-state index is 12.5. The lowest BCUT2D eigenvalue weighted by molar-refractivity contribution is 0.102. The first-order valence-electron chi connectivity index (χ1n) is 7.87. The van der Waals surface area contributed by atoms with Gasteiger partial charge in [-0.05, 0) is 38.1 Å². The molecule has 0 radical (unpaired) electrons. The van der Waals surface area contributed by atoms with Crippen LogP contribution in [-0.4, -0.2) is 38.2 Å². The highest BCUT2D eigenvalue weighted by Crippen LogP contribution is 2.29. The summed E-state index contributed by atoms with van der Waals surface area (Å²) < 4.78 is 10.5. The maximum absolute atomic E-state index is 12.5.